The molecule has 0 atom stereocenters. The molecule has 0 saturated carbocycles. The number of carbonyl (C=O) groups excluding carboxylic acids is 1. The molecule has 0 amide bonds. The first kappa shape index (κ1) is 13.4. The molecule has 0 aliphatic carbocycles. The van der Waals surface area contributed by atoms with E-state index in [2.05, 4.69) is 5.16 Å². The molecule has 4 aromatic rings. The number of rotatable bonds is 4. The molecule has 114 valence electrons. The van der Waals surface area contributed by atoms with Crippen LogP contribution in [0, 0.1) is 0 Å². The van der Waals surface area contributed by atoms with E-state index >= 15 is 0 Å². The van der Waals surface area contributed by atoms with Gasteiger partial charge in [-0.1, -0.05) is 23.4 Å². The number of hydrogen-bond donors (Lipinski definition) is 0. The van der Waals surface area contributed by atoms with Crippen molar-refractivity contribution >= 4 is 16.9 Å². The SMILES string of the molecule is O=C(OCc1cc(-c2cc3ccccc3o2)on1)c1ccco1. The van der Waals surface area contributed by atoms with Gasteiger partial charge < -0.3 is 18.1 Å². The highest BCUT2D eigenvalue weighted by atomic mass is 16.5. The lowest BCUT2D eigenvalue weighted by molar-refractivity contribution is 0.0428. The monoisotopic (exact) mass is 309 g/mol. The molecule has 23 heavy (non-hydrogen) atoms. The second kappa shape index (κ2) is 5.49. The number of carbonyl (C=O) groups is 1. The number of furan rings is 2. The molecular weight excluding hydrogens is 298 g/mol. The van der Waals surface area contributed by atoms with Gasteiger partial charge in [0.1, 0.15) is 17.9 Å². The van der Waals surface area contributed by atoms with Crippen LogP contribution in [-0.2, 0) is 11.3 Å². The van der Waals surface area contributed by atoms with Crippen LogP contribution in [-0.4, -0.2) is 11.1 Å². The van der Waals surface area contributed by atoms with Crippen LogP contribution in [0.5, 0.6) is 0 Å². The Balaban J connectivity index is 1.49. The minimum absolute atomic E-state index is 0.0107. The van der Waals surface area contributed by atoms with Crippen LogP contribution in [0.4, 0.5) is 0 Å². The van der Waals surface area contributed by atoms with Crippen molar-refractivity contribution in [3.63, 3.8) is 0 Å². The highest BCUT2D eigenvalue weighted by Gasteiger charge is 2.15. The van der Waals surface area contributed by atoms with Gasteiger partial charge >= 0.3 is 5.97 Å². The van der Waals surface area contributed by atoms with E-state index in [9.17, 15) is 4.79 Å². The Hall–Kier alpha value is -3.28. The maximum Gasteiger partial charge on any atom is 0.374 e. The lowest BCUT2D eigenvalue weighted by Crippen LogP contribution is -2.03. The summed E-state index contributed by atoms with van der Waals surface area (Å²) in [7, 11) is 0. The Morgan fingerprint density at radius 2 is 2.00 bits per heavy atom. The van der Waals surface area contributed by atoms with Crippen molar-refractivity contribution in [2.24, 2.45) is 0 Å². The molecule has 6 nitrogen and oxygen atoms in total. The summed E-state index contributed by atoms with van der Waals surface area (Å²) in [6.07, 6.45) is 1.41. The smallest absolute Gasteiger partial charge is 0.374 e. The molecular formula is C17H11NO5. The largest absolute Gasteiger partial charge is 0.457 e. The predicted molar refractivity (Wildman–Crippen MR) is 79.5 cm³/mol. The van der Waals surface area contributed by atoms with Gasteiger partial charge in [0, 0.05) is 11.5 Å². The van der Waals surface area contributed by atoms with Crippen LogP contribution in [0.2, 0.25) is 0 Å². The predicted octanol–water partition coefficient (Wildman–Crippen LogP) is 4.04. The maximum absolute atomic E-state index is 11.7. The Labute approximate surface area is 130 Å². The average molecular weight is 309 g/mol. The van der Waals surface area contributed by atoms with Gasteiger partial charge in [-0.15, -0.1) is 0 Å². The van der Waals surface area contributed by atoms with Crippen molar-refractivity contribution in [2.75, 3.05) is 0 Å². The van der Waals surface area contributed by atoms with Crippen molar-refractivity contribution in [2.45, 2.75) is 6.61 Å². The van der Waals surface area contributed by atoms with Gasteiger partial charge in [-0.3, -0.25) is 0 Å². The van der Waals surface area contributed by atoms with Crippen molar-refractivity contribution < 1.29 is 22.9 Å². The van der Waals surface area contributed by atoms with E-state index in [4.69, 9.17) is 18.1 Å². The van der Waals surface area contributed by atoms with Crippen LogP contribution in [0.3, 0.4) is 0 Å². The maximum atomic E-state index is 11.7. The molecule has 0 radical (unpaired) electrons. The topological polar surface area (TPSA) is 78.6 Å². The van der Waals surface area contributed by atoms with Crippen LogP contribution in [0.1, 0.15) is 16.2 Å². The number of aromatic nitrogens is 1. The average Bonchev–Trinajstić information content (AvgIpc) is 3.31. The second-order valence-corrected chi connectivity index (χ2v) is 4.88. The molecule has 4 rings (SSSR count). The van der Waals surface area contributed by atoms with Crippen LogP contribution in [0.25, 0.3) is 22.5 Å². The van der Waals surface area contributed by atoms with Gasteiger partial charge in [0.15, 0.2) is 5.76 Å². The Morgan fingerprint density at radius 3 is 2.83 bits per heavy atom. The number of esters is 1. The fraction of sp³-hybridized carbons (Fsp3) is 0.0588. The molecule has 6 heteroatoms. The summed E-state index contributed by atoms with van der Waals surface area (Å²) in [4.78, 5) is 11.7. The van der Waals surface area contributed by atoms with Gasteiger partial charge in [0.25, 0.3) is 0 Å². The number of fused-ring (bicyclic) bond motifs is 1. The molecule has 0 spiro atoms. The molecule has 0 fully saturated rings. The molecule has 0 N–H and O–H groups in total. The molecule has 0 bridgehead atoms. The van der Waals surface area contributed by atoms with Gasteiger partial charge in [0.2, 0.25) is 11.5 Å². The van der Waals surface area contributed by atoms with E-state index in [-0.39, 0.29) is 12.4 Å². The second-order valence-electron chi connectivity index (χ2n) is 4.88. The number of hydrogen-bond acceptors (Lipinski definition) is 6. The third-order valence-electron chi connectivity index (χ3n) is 3.30. The lowest BCUT2D eigenvalue weighted by atomic mass is 10.2. The van der Waals surface area contributed by atoms with Gasteiger partial charge in [-0.25, -0.2) is 4.79 Å². The summed E-state index contributed by atoms with van der Waals surface area (Å²) in [6, 6.07) is 14.3. The summed E-state index contributed by atoms with van der Waals surface area (Å²) in [6.45, 7) is -0.0107. The van der Waals surface area contributed by atoms with E-state index < -0.39 is 5.97 Å². The number of nitrogens with zero attached hydrogens (tertiary/aromatic N) is 1. The Morgan fingerprint density at radius 1 is 1.09 bits per heavy atom. The van der Waals surface area contributed by atoms with Crippen LogP contribution < -0.4 is 0 Å². The quantitative estimate of drug-likeness (QED) is 0.529. The Bertz CT molecular complexity index is 915. The zero-order valence-electron chi connectivity index (χ0n) is 11.9. The minimum Gasteiger partial charge on any atom is -0.457 e. The molecule has 0 saturated heterocycles. The summed E-state index contributed by atoms with van der Waals surface area (Å²) in [5, 5.41) is 4.85. The first-order valence-corrected chi connectivity index (χ1v) is 6.95. The van der Waals surface area contributed by atoms with E-state index in [0.717, 1.165) is 11.0 Å². The number of para-hydroxylation sites is 1. The van der Waals surface area contributed by atoms with Gasteiger partial charge in [-0.05, 0) is 24.3 Å². The highest BCUT2D eigenvalue weighted by molar-refractivity contribution is 5.86. The van der Waals surface area contributed by atoms with E-state index in [1.165, 1.54) is 12.3 Å². The van der Waals surface area contributed by atoms with Crippen molar-refractivity contribution in [1.82, 2.24) is 5.16 Å². The Kier molecular flexibility index (Phi) is 3.20. The molecule has 3 aromatic heterocycles. The van der Waals surface area contributed by atoms with Crippen molar-refractivity contribution in [3.05, 3.63) is 66.2 Å². The van der Waals surface area contributed by atoms with Crippen LogP contribution in [0.15, 0.2) is 68.2 Å². The van der Waals surface area contributed by atoms with E-state index in [1.54, 1.807) is 12.1 Å². The van der Waals surface area contributed by atoms with Gasteiger partial charge in [0.05, 0.1) is 6.26 Å². The number of ether oxygens (including phenoxy) is 1. The molecule has 3 heterocycles. The highest BCUT2D eigenvalue weighted by Crippen LogP contribution is 2.28. The third kappa shape index (κ3) is 2.62. The zero-order valence-corrected chi connectivity index (χ0v) is 11.9. The summed E-state index contributed by atoms with van der Waals surface area (Å²) in [5.41, 5.74) is 1.25. The third-order valence-corrected chi connectivity index (χ3v) is 3.30. The fourth-order valence-electron chi connectivity index (χ4n) is 2.20. The fourth-order valence-corrected chi connectivity index (χ4v) is 2.20. The molecule has 0 aliphatic heterocycles. The van der Waals surface area contributed by atoms with Crippen molar-refractivity contribution in [3.8, 4) is 11.5 Å². The lowest BCUT2D eigenvalue weighted by Gasteiger charge is -1.98. The van der Waals surface area contributed by atoms with Gasteiger partial charge in [-0.2, -0.15) is 0 Å². The van der Waals surface area contributed by atoms with E-state index in [1.807, 2.05) is 30.3 Å². The first-order chi connectivity index (χ1) is 11.3. The van der Waals surface area contributed by atoms with Crippen LogP contribution >= 0.6 is 0 Å². The molecule has 0 unspecified atom stereocenters. The standard InChI is InChI=1S/C17H11NO5/c19-17(14-6-3-7-20-14)21-10-12-9-16(23-18-12)15-8-11-4-1-2-5-13(11)22-15/h1-9H,10H2. The normalized spacial score (nSPS) is 11.0. The van der Waals surface area contributed by atoms with E-state index in [0.29, 0.717) is 17.2 Å². The minimum atomic E-state index is -0.553. The summed E-state index contributed by atoms with van der Waals surface area (Å²) >= 11 is 0. The van der Waals surface area contributed by atoms with Crippen molar-refractivity contribution in [1.29, 1.82) is 0 Å². The molecule has 0 aliphatic rings. The summed E-state index contributed by atoms with van der Waals surface area (Å²) < 4.78 is 21.0. The summed E-state index contributed by atoms with van der Waals surface area (Å²) in [5.74, 6) is 0.641. The number of benzene rings is 1. The molecule has 1 aromatic carbocycles. The zero-order chi connectivity index (χ0) is 15.6. The first-order valence-electron chi connectivity index (χ1n) is 6.95.